The molecule has 0 radical (unpaired) electrons. The smallest absolute Gasteiger partial charge is 0.407 e. The summed E-state index contributed by atoms with van der Waals surface area (Å²) in [7, 11) is 0. The minimum Gasteiger partial charge on any atom is -0.481 e. The predicted molar refractivity (Wildman–Crippen MR) is 133 cm³/mol. The van der Waals surface area contributed by atoms with Crippen molar-refractivity contribution in [2.75, 3.05) is 13.2 Å². The molecule has 2 aliphatic rings. The summed E-state index contributed by atoms with van der Waals surface area (Å²) in [6.45, 7) is 2.59. The largest absolute Gasteiger partial charge is 0.481 e. The maximum absolute atomic E-state index is 12.6. The number of alkyl carbamates (subject to hydrolysis) is 1. The zero-order valence-corrected chi connectivity index (χ0v) is 20.2. The second kappa shape index (κ2) is 11.4. The number of carbonyl (C=O) groups is 3. The summed E-state index contributed by atoms with van der Waals surface area (Å²) in [6, 6.07) is 16.0. The number of carboxylic acid groups (broad SMARTS) is 1. The van der Waals surface area contributed by atoms with Crippen LogP contribution in [0.15, 0.2) is 48.5 Å². The highest BCUT2D eigenvalue weighted by Crippen LogP contribution is 2.44. The molecule has 0 spiro atoms. The van der Waals surface area contributed by atoms with Crippen LogP contribution in [-0.2, 0) is 14.3 Å². The van der Waals surface area contributed by atoms with Crippen LogP contribution < -0.4 is 10.6 Å². The first kappa shape index (κ1) is 24.8. The van der Waals surface area contributed by atoms with Gasteiger partial charge in [-0.1, -0.05) is 68.3 Å². The molecule has 4 rings (SSSR count). The molecule has 35 heavy (non-hydrogen) atoms. The van der Waals surface area contributed by atoms with E-state index in [4.69, 9.17) is 4.74 Å². The molecular weight excluding hydrogens is 444 g/mol. The lowest BCUT2D eigenvalue weighted by molar-refractivity contribution is -0.143. The molecule has 0 saturated heterocycles. The van der Waals surface area contributed by atoms with Gasteiger partial charge in [0.15, 0.2) is 0 Å². The van der Waals surface area contributed by atoms with Crippen LogP contribution in [0.4, 0.5) is 4.79 Å². The average Bonchev–Trinajstić information content (AvgIpc) is 3.44. The van der Waals surface area contributed by atoms with Crippen LogP contribution in [0.25, 0.3) is 11.1 Å². The number of rotatable bonds is 10. The summed E-state index contributed by atoms with van der Waals surface area (Å²) < 4.78 is 5.63. The van der Waals surface area contributed by atoms with Crippen molar-refractivity contribution < 1.29 is 24.2 Å². The molecule has 0 heterocycles. The summed E-state index contributed by atoms with van der Waals surface area (Å²) in [6.07, 6.45) is 3.43. The number of carboxylic acids is 1. The topological polar surface area (TPSA) is 105 Å². The van der Waals surface area contributed by atoms with E-state index in [9.17, 15) is 19.5 Å². The normalized spacial score (nSPS) is 19.5. The molecule has 2 aliphatic carbocycles. The highest BCUT2D eigenvalue weighted by molar-refractivity contribution is 5.79. The molecule has 0 aliphatic heterocycles. The fourth-order valence-electron chi connectivity index (χ4n) is 5.53. The summed E-state index contributed by atoms with van der Waals surface area (Å²) in [4.78, 5) is 36.5. The summed E-state index contributed by atoms with van der Waals surface area (Å²) in [5, 5.41) is 15.1. The number of hydrogen-bond donors (Lipinski definition) is 3. The standard InChI is InChI=1S/C28H34N2O5/c1-2-8-19(15-26(31)29-16-18-9-7-14-20(18)27(32)33)30-28(34)35-17-25-23-12-5-3-10-21(23)22-11-4-6-13-24(22)25/h3-6,10-13,18-20,25H,2,7-9,14-17H2,1H3,(H,29,31)(H,30,34)(H,32,33). The number of carbonyl (C=O) groups excluding carboxylic acids is 2. The molecule has 3 unspecified atom stereocenters. The zero-order valence-electron chi connectivity index (χ0n) is 20.2. The highest BCUT2D eigenvalue weighted by Gasteiger charge is 2.33. The predicted octanol–water partition coefficient (Wildman–Crippen LogP) is 4.70. The summed E-state index contributed by atoms with van der Waals surface area (Å²) >= 11 is 0. The summed E-state index contributed by atoms with van der Waals surface area (Å²) in [5.74, 6) is -1.41. The van der Waals surface area contributed by atoms with Gasteiger partial charge in [-0.2, -0.15) is 0 Å². The number of nitrogens with one attached hydrogen (secondary N) is 2. The lowest BCUT2D eigenvalue weighted by Crippen LogP contribution is -2.41. The van der Waals surface area contributed by atoms with Crippen LogP contribution in [0.1, 0.15) is 62.5 Å². The lowest BCUT2D eigenvalue weighted by atomic mass is 9.96. The number of amides is 2. The van der Waals surface area contributed by atoms with Crippen molar-refractivity contribution in [3.8, 4) is 11.1 Å². The molecule has 1 saturated carbocycles. The molecular formula is C28H34N2O5. The van der Waals surface area contributed by atoms with Crippen LogP contribution in [0.2, 0.25) is 0 Å². The van der Waals surface area contributed by atoms with Crippen molar-refractivity contribution in [3.63, 3.8) is 0 Å². The second-order valence-electron chi connectivity index (χ2n) is 9.60. The number of hydrogen-bond acceptors (Lipinski definition) is 4. The Morgan fingerprint density at radius 1 is 1.03 bits per heavy atom. The van der Waals surface area contributed by atoms with Gasteiger partial charge in [-0.25, -0.2) is 4.79 Å². The van der Waals surface area contributed by atoms with Crippen molar-refractivity contribution in [2.24, 2.45) is 11.8 Å². The van der Waals surface area contributed by atoms with Gasteiger partial charge < -0.3 is 20.5 Å². The number of ether oxygens (including phenoxy) is 1. The Balaban J connectivity index is 1.29. The Kier molecular flexibility index (Phi) is 8.06. The van der Waals surface area contributed by atoms with Gasteiger partial charge in [0.1, 0.15) is 6.61 Å². The van der Waals surface area contributed by atoms with Crippen LogP contribution in [0, 0.1) is 11.8 Å². The first-order chi connectivity index (χ1) is 17.0. The van der Waals surface area contributed by atoms with Crippen molar-refractivity contribution >= 4 is 18.0 Å². The average molecular weight is 479 g/mol. The molecule has 3 N–H and O–H groups in total. The SMILES string of the molecule is CCCC(CC(=O)NCC1CCCC1C(=O)O)NC(=O)OCC1c2ccccc2-c2ccccc21. The van der Waals surface area contributed by atoms with Crippen molar-refractivity contribution in [3.05, 3.63) is 59.7 Å². The lowest BCUT2D eigenvalue weighted by Gasteiger charge is -2.21. The van der Waals surface area contributed by atoms with Gasteiger partial charge in [0.2, 0.25) is 5.91 Å². The van der Waals surface area contributed by atoms with Gasteiger partial charge in [0, 0.05) is 24.9 Å². The number of fused-ring (bicyclic) bond motifs is 3. The van der Waals surface area contributed by atoms with Gasteiger partial charge in [-0.15, -0.1) is 0 Å². The highest BCUT2D eigenvalue weighted by atomic mass is 16.5. The van der Waals surface area contributed by atoms with Gasteiger partial charge in [0.25, 0.3) is 0 Å². The van der Waals surface area contributed by atoms with Crippen LogP contribution in [0.3, 0.4) is 0 Å². The van der Waals surface area contributed by atoms with Gasteiger partial charge in [-0.05, 0) is 47.4 Å². The van der Waals surface area contributed by atoms with E-state index in [1.807, 2.05) is 31.2 Å². The van der Waals surface area contributed by atoms with Crippen molar-refractivity contribution in [2.45, 2.75) is 57.4 Å². The van der Waals surface area contributed by atoms with Gasteiger partial charge in [0.05, 0.1) is 5.92 Å². The van der Waals surface area contributed by atoms with E-state index >= 15 is 0 Å². The molecule has 0 aromatic heterocycles. The molecule has 2 aromatic rings. The molecule has 1 fully saturated rings. The molecule has 7 nitrogen and oxygen atoms in total. The second-order valence-corrected chi connectivity index (χ2v) is 9.60. The first-order valence-electron chi connectivity index (χ1n) is 12.6. The zero-order chi connectivity index (χ0) is 24.8. The summed E-state index contributed by atoms with van der Waals surface area (Å²) in [5.41, 5.74) is 4.64. The number of aliphatic carboxylic acids is 1. The Labute approximate surface area is 206 Å². The minimum absolute atomic E-state index is 0.0188. The fraction of sp³-hybridized carbons (Fsp3) is 0.464. The molecule has 186 valence electrons. The molecule has 7 heteroatoms. The third-order valence-electron chi connectivity index (χ3n) is 7.27. The molecule has 2 amide bonds. The Morgan fingerprint density at radius 3 is 2.31 bits per heavy atom. The maximum Gasteiger partial charge on any atom is 0.407 e. The third kappa shape index (κ3) is 5.84. The van der Waals surface area contributed by atoms with Crippen LogP contribution in [-0.4, -0.2) is 42.3 Å². The third-order valence-corrected chi connectivity index (χ3v) is 7.27. The Bertz CT molecular complexity index is 1020. The molecule has 0 bridgehead atoms. The van der Waals surface area contributed by atoms with E-state index in [1.54, 1.807) is 0 Å². The maximum atomic E-state index is 12.6. The molecule has 2 aromatic carbocycles. The van der Waals surface area contributed by atoms with E-state index in [1.165, 1.54) is 11.1 Å². The van der Waals surface area contributed by atoms with Crippen molar-refractivity contribution in [1.29, 1.82) is 0 Å². The molecule has 3 atom stereocenters. The minimum atomic E-state index is -0.789. The van der Waals surface area contributed by atoms with Crippen LogP contribution >= 0.6 is 0 Å². The monoisotopic (exact) mass is 478 g/mol. The van der Waals surface area contributed by atoms with E-state index in [0.717, 1.165) is 30.4 Å². The van der Waals surface area contributed by atoms with Crippen LogP contribution in [0.5, 0.6) is 0 Å². The van der Waals surface area contributed by atoms with Gasteiger partial charge in [-0.3, -0.25) is 9.59 Å². The fourth-order valence-corrected chi connectivity index (χ4v) is 5.53. The van der Waals surface area contributed by atoms with Crippen molar-refractivity contribution in [1.82, 2.24) is 10.6 Å². The number of benzene rings is 2. The van der Waals surface area contributed by atoms with Gasteiger partial charge >= 0.3 is 12.1 Å². The van der Waals surface area contributed by atoms with E-state index < -0.39 is 12.1 Å². The van der Waals surface area contributed by atoms with E-state index in [0.29, 0.717) is 19.4 Å². The Morgan fingerprint density at radius 2 is 1.69 bits per heavy atom. The quantitative estimate of drug-likeness (QED) is 0.459. The van der Waals surface area contributed by atoms with E-state index in [2.05, 4.69) is 34.9 Å². The van der Waals surface area contributed by atoms with E-state index in [-0.39, 0.29) is 42.7 Å². The Hall–Kier alpha value is -3.35. The first-order valence-corrected chi connectivity index (χ1v) is 12.6.